The van der Waals surface area contributed by atoms with Gasteiger partial charge in [-0.05, 0) is 19.1 Å². The molecule has 16 heavy (non-hydrogen) atoms. The van der Waals surface area contributed by atoms with Gasteiger partial charge in [-0.25, -0.2) is 4.98 Å². The first-order valence-electron chi connectivity index (χ1n) is 4.55. The average molecular weight is 235 g/mol. The van der Waals surface area contributed by atoms with Crippen LogP contribution in [0.25, 0.3) is 11.3 Å². The lowest BCUT2D eigenvalue weighted by molar-refractivity contribution is -0.384. The molecule has 0 aliphatic carbocycles. The molecule has 2 aromatic rings. The molecule has 0 unspecified atom stereocenters. The summed E-state index contributed by atoms with van der Waals surface area (Å²) in [6.07, 6.45) is 0. The Kier molecular flexibility index (Phi) is 2.57. The van der Waals surface area contributed by atoms with E-state index in [0.717, 1.165) is 16.1 Å². The van der Waals surface area contributed by atoms with Crippen molar-refractivity contribution in [3.8, 4) is 11.3 Å². The fraction of sp³-hybridized carbons (Fsp3) is 0.100. The zero-order chi connectivity index (χ0) is 11.7. The number of hydrogen-bond acceptors (Lipinski definition) is 5. The topological polar surface area (TPSA) is 82.0 Å². The van der Waals surface area contributed by atoms with Crippen molar-refractivity contribution in [2.45, 2.75) is 6.92 Å². The number of aromatic nitrogens is 1. The number of aryl methyl sites for hydroxylation is 1. The molecule has 0 radical (unpaired) electrons. The van der Waals surface area contributed by atoms with E-state index in [1.807, 2.05) is 6.92 Å². The maximum absolute atomic E-state index is 10.5. The third kappa shape index (κ3) is 1.87. The Hall–Kier alpha value is -1.95. The minimum absolute atomic E-state index is 0.0737. The highest BCUT2D eigenvalue weighted by molar-refractivity contribution is 7.15. The number of nitro benzene ring substituents is 1. The van der Waals surface area contributed by atoms with Crippen molar-refractivity contribution in [3.63, 3.8) is 0 Å². The van der Waals surface area contributed by atoms with Gasteiger partial charge in [0.25, 0.3) is 5.69 Å². The van der Waals surface area contributed by atoms with Crippen molar-refractivity contribution < 1.29 is 4.92 Å². The van der Waals surface area contributed by atoms with Crippen LogP contribution in [0, 0.1) is 17.0 Å². The Labute approximate surface area is 95.7 Å². The molecule has 0 spiro atoms. The molecule has 0 amide bonds. The predicted octanol–water partition coefficient (Wildman–Crippen LogP) is 2.61. The number of nitrogens with zero attached hydrogens (tertiary/aromatic N) is 2. The number of benzene rings is 1. The highest BCUT2D eigenvalue weighted by Gasteiger charge is 2.10. The third-order valence-electron chi connectivity index (χ3n) is 2.16. The van der Waals surface area contributed by atoms with Crippen molar-refractivity contribution in [2.24, 2.45) is 0 Å². The van der Waals surface area contributed by atoms with Crippen LogP contribution >= 0.6 is 11.3 Å². The number of thiazole rings is 1. The fourth-order valence-corrected chi connectivity index (χ4v) is 2.14. The van der Waals surface area contributed by atoms with Gasteiger partial charge >= 0.3 is 0 Å². The number of anilines is 1. The molecule has 1 aromatic carbocycles. The first-order chi connectivity index (χ1) is 7.58. The van der Waals surface area contributed by atoms with E-state index in [1.54, 1.807) is 12.1 Å². The van der Waals surface area contributed by atoms with E-state index in [2.05, 4.69) is 4.98 Å². The van der Waals surface area contributed by atoms with Crippen LogP contribution in [0.2, 0.25) is 0 Å². The van der Waals surface area contributed by atoms with Gasteiger partial charge in [-0.1, -0.05) is 0 Å². The Morgan fingerprint density at radius 2 is 2.00 bits per heavy atom. The molecule has 0 saturated carbocycles. The molecular formula is C10H9N3O2S. The number of rotatable bonds is 2. The summed E-state index contributed by atoms with van der Waals surface area (Å²) in [6.45, 7) is 1.92. The van der Waals surface area contributed by atoms with Crippen LogP contribution in [-0.2, 0) is 0 Å². The lowest BCUT2D eigenvalue weighted by atomic mass is 10.1. The number of nitrogen functional groups attached to an aromatic ring is 1. The highest BCUT2D eigenvalue weighted by atomic mass is 32.1. The Balaban J connectivity index is 2.42. The van der Waals surface area contributed by atoms with Crippen LogP contribution in [0.1, 0.15) is 4.88 Å². The molecule has 0 aliphatic heterocycles. The van der Waals surface area contributed by atoms with E-state index in [0.29, 0.717) is 5.13 Å². The molecule has 1 aromatic heterocycles. The largest absolute Gasteiger partial charge is 0.375 e. The molecule has 2 N–H and O–H groups in total. The summed E-state index contributed by atoms with van der Waals surface area (Å²) in [6, 6.07) is 6.29. The van der Waals surface area contributed by atoms with Crippen molar-refractivity contribution in [3.05, 3.63) is 39.3 Å². The molecule has 5 nitrogen and oxygen atoms in total. The lowest BCUT2D eigenvalue weighted by Crippen LogP contribution is -1.88. The first-order valence-corrected chi connectivity index (χ1v) is 5.37. The Morgan fingerprint density at radius 3 is 2.44 bits per heavy atom. The van der Waals surface area contributed by atoms with E-state index in [1.165, 1.54) is 23.5 Å². The second-order valence-electron chi connectivity index (χ2n) is 3.26. The zero-order valence-corrected chi connectivity index (χ0v) is 9.32. The van der Waals surface area contributed by atoms with Crippen LogP contribution < -0.4 is 5.73 Å². The van der Waals surface area contributed by atoms with Crippen LogP contribution in [-0.4, -0.2) is 9.91 Å². The van der Waals surface area contributed by atoms with Crippen LogP contribution in [0.5, 0.6) is 0 Å². The molecule has 0 aliphatic rings. The minimum Gasteiger partial charge on any atom is -0.375 e. The summed E-state index contributed by atoms with van der Waals surface area (Å²) in [5.74, 6) is 0. The molecule has 6 heteroatoms. The van der Waals surface area contributed by atoms with Gasteiger partial charge in [0, 0.05) is 22.6 Å². The molecule has 0 bridgehead atoms. The van der Waals surface area contributed by atoms with E-state index in [4.69, 9.17) is 5.73 Å². The lowest BCUT2D eigenvalue weighted by Gasteiger charge is -1.97. The molecule has 1 heterocycles. The summed E-state index contributed by atoms with van der Waals surface area (Å²) in [5.41, 5.74) is 7.30. The third-order valence-corrected chi connectivity index (χ3v) is 2.96. The molecular weight excluding hydrogens is 226 g/mol. The SMILES string of the molecule is Cc1sc(N)nc1-c1ccc([N+](=O)[O-])cc1. The van der Waals surface area contributed by atoms with Gasteiger partial charge in [-0.15, -0.1) is 11.3 Å². The number of hydrogen-bond donors (Lipinski definition) is 1. The maximum Gasteiger partial charge on any atom is 0.269 e. The average Bonchev–Trinajstić information content (AvgIpc) is 2.58. The van der Waals surface area contributed by atoms with Gasteiger partial charge in [0.05, 0.1) is 10.6 Å². The molecule has 0 fully saturated rings. The van der Waals surface area contributed by atoms with Gasteiger partial charge in [0.1, 0.15) is 0 Å². The summed E-state index contributed by atoms with van der Waals surface area (Å²) >= 11 is 1.41. The number of non-ortho nitro benzene ring substituents is 1. The van der Waals surface area contributed by atoms with Crippen LogP contribution in [0.15, 0.2) is 24.3 Å². The summed E-state index contributed by atoms with van der Waals surface area (Å²) < 4.78 is 0. The quantitative estimate of drug-likeness (QED) is 0.640. The van der Waals surface area contributed by atoms with Crippen LogP contribution in [0.4, 0.5) is 10.8 Å². The van der Waals surface area contributed by atoms with Gasteiger partial charge in [0.15, 0.2) is 5.13 Å². The van der Waals surface area contributed by atoms with Crippen LogP contribution in [0.3, 0.4) is 0 Å². The second kappa shape index (κ2) is 3.90. The van der Waals surface area contributed by atoms with Gasteiger partial charge in [-0.2, -0.15) is 0 Å². The molecule has 0 saturated heterocycles. The van der Waals surface area contributed by atoms with E-state index >= 15 is 0 Å². The van der Waals surface area contributed by atoms with Crippen molar-refractivity contribution in [2.75, 3.05) is 5.73 Å². The predicted molar refractivity (Wildman–Crippen MR) is 63.4 cm³/mol. The fourth-order valence-electron chi connectivity index (χ4n) is 1.43. The first kappa shape index (κ1) is 10.6. The smallest absolute Gasteiger partial charge is 0.269 e. The summed E-state index contributed by atoms with van der Waals surface area (Å²) in [4.78, 5) is 15.3. The van der Waals surface area contributed by atoms with Crippen molar-refractivity contribution in [1.82, 2.24) is 4.98 Å². The number of nitrogens with two attached hydrogens (primary N) is 1. The molecule has 82 valence electrons. The number of nitro groups is 1. The summed E-state index contributed by atoms with van der Waals surface area (Å²) in [5, 5.41) is 11.0. The van der Waals surface area contributed by atoms with Crippen molar-refractivity contribution >= 4 is 22.2 Å². The molecule has 2 rings (SSSR count). The Morgan fingerprint density at radius 1 is 1.38 bits per heavy atom. The minimum atomic E-state index is -0.425. The van der Waals surface area contributed by atoms with Gasteiger partial charge in [-0.3, -0.25) is 10.1 Å². The van der Waals surface area contributed by atoms with Gasteiger partial charge in [0.2, 0.25) is 0 Å². The maximum atomic E-state index is 10.5. The Bertz CT molecular complexity index is 533. The molecule has 0 atom stereocenters. The zero-order valence-electron chi connectivity index (χ0n) is 8.51. The standard InChI is InChI=1S/C10H9N3O2S/c1-6-9(12-10(11)16-6)7-2-4-8(5-3-7)13(14)15/h2-5H,1H3,(H2,11,12). The normalized spacial score (nSPS) is 10.3. The second-order valence-corrected chi connectivity index (χ2v) is 4.50. The monoisotopic (exact) mass is 235 g/mol. The van der Waals surface area contributed by atoms with Crippen molar-refractivity contribution in [1.29, 1.82) is 0 Å². The van der Waals surface area contributed by atoms with E-state index < -0.39 is 4.92 Å². The highest BCUT2D eigenvalue weighted by Crippen LogP contribution is 2.29. The van der Waals surface area contributed by atoms with E-state index in [9.17, 15) is 10.1 Å². The van der Waals surface area contributed by atoms with Gasteiger partial charge < -0.3 is 5.73 Å². The van der Waals surface area contributed by atoms with E-state index in [-0.39, 0.29) is 5.69 Å². The summed E-state index contributed by atoms with van der Waals surface area (Å²) in [7, 11) is 0.